The normalized spacial score (nSPS) is 17.7. The molecule has 0 spiro atoms. The van der Waals surface area contributed by atoms with Crippen molar-refractivity contribution in [2.45, 2.75) is 217 Å². The molecule has 0 aromatic rings. The van der Waals surface area contributed by atoms with Gasteiger partial charge in [-0.3, -0.25) is 4.79 Å². The first-order chi connectivity index (χ1) is 21.6. The molecule has 0 amide bonds. The van der Waals surface area contributed by atoms with Crippen LogP contribution >= 0.6 is 0 Å². The lowest BCUT2D eigenvalue weighted by Crippen LogP contribution is -2.49. The van der Waals surface area contributed by atoms with Crippen LogP contribution in [0.5, 0.6) is 0 Å². The zero-order chi connectivity index (χ0) is 37.8. The summed E-state index contributed by atoms with van der Waals surface area (Å²) in [5.41, 5.74) is -1.73. The second-order valence-electron chi connectivity index (χ2n) is 18.1. The molecule has 0 fully saturated rings. The Morgan fingerprint density at radius 3 is 1.60 bits per heavy atom. The number of carbonyl (C=O) groups excluding carboxylic acids is 1. The first-order valence-corrected chi connectivity index (χ1v) is 19.0. The van der Waals surface area contributed by atoms with E-state index in [1.807, 2.05) is 6.92 Å². The van der Waals surface area contributed by atoms with Gasteiger partial charge in [0.2, 0.25) is 0 Å². The molecule has 0 aliphatic rings. The Hall–Kier alpha value is -0.570. The van der Waals surface area contributed by atoms with Crippen molar-refractivity contribution in [3.8, 4) is 0 Å². The molecular formula is C41H82O7. The molecule has 7 nitrogen and oxygen atoms in total. The Kier molecular flexibility index (Phi) is 19.6. The molecule has 0 aliphatic heterocycles. The van der Waals surface area contributed by atoms with Gasteiger partial charge in [-0.25, -0.2) is 0 Å². The summed E-state index contributed by atoms with van der Waals surface area (Å²) in [7, 11) is 0. The highest BCUT2D eigenvalue weighted by Crippen LogP contribution is 2.41. The molecule has 0 rings (SSSR count). The highest BCUT2D eigenvalue weighted by Gasteiger charge is 2.43. The van der Waals surface area contributed by atoms with Crippen LogP contribution in [0.3, 0.4) is 0 Å². The topological polar surface area (TPSA) is 72.5 Å². The summed E-state index contributed by atoms with van der Waals surface area (Å²) in [4.78, 5) is 13.0. The minimum atomic E-state index is -0.432. The Morgan fingerprint density at radius 2 is 1.12 bits per heavy atom. The van der Waals surface area contributed by atoms with Crippen molar-refractivity contribution in [1.29, 1.82) is 0 Å². The first kappa shape index (κ1) is 47.4. The van der Waals surface area contributed by atoms with Gasteiger partial charge in [-0.05, 0) is 115 Å². The van der Waals surface area contributed by atoms with Gasteiger partial charge in [0.1, 0.15) is 5.78 Å². The summed E-state index contributed by atoms with van der Waals surface area (Å²) in [5, 5.41) is 0. The van der Waals surface area contributed by atoms with Gasteiger partial charge < -0.3 is 28.4 Å². The van der Waals surface area contributed by atoms with Crippen LogP contribution in [0.4, 0.5) is 0 Å². The molecule has 0 radical (unpaired) electrons. The van der Waals surface area contributed by atoms with E-state index in [9.17, 15) is 4.79 Å². The van der Waals surface area contributed by atoms with Crippen LogP contribution in [-0.4, -0.2) is 79.0 Å². The van der Waals surface area contributed by atoms with Crippen molar-refractivity contribution in [3.63, 3.8) is 0 Å². The van der Waals surface area contributed by atoms with Crippen LogP contribution in [0.1, 0.15) is 170 Å². The minimum absolute atomic E-state index is 0.00342. The van der Waals surface area contributed by atoms with Crippen molar-refractivity contribution in [2.75, 3.05) is 26.4 Å². The highest BCUT2D eigenvalue weighted by atomic mass is 16.5. The number of ether oxygens (including phenoxy) is 6. The third-order valence-electron chi connectivity index (χ3n) is 11.0. The van der Waals surface area contributed by atoms with Crippen molar-refractivity contribution >= 4 is 5.78 Å². The lowest BCUT2D eigenvalue weighted by molar-refractivity contribution is -0.178. The molecule has 0 aliphatic carbocycles. The van der Waals surface area contributed by atoms with Gasteiger partial charge in [0.15, 0.2) is 0 Å². The fourth-order valence-electron chi connectivity index (χ4n) is 6.01. The lowest BCUT2D eigenvalue weighted by atomic mass is 9.73. The Labute approximate surface area is 298 Å². The van der Waals surface area contributed by atoms with Crippen LogP contribution < -0.4 is 0 Å². The number of hydrogen-bond acceptors (Lipinski definition) is 7. The molecule has 7 heteroatoms. The second kappa shape index (κ2) is 19.9. The van der Waals surface area contributed by atoms with E-state index >= 15 is 0 Å². The van der Waals surface area contributed by atoms with E-state index in [1.54, 1.807) is 0 Å². The van der Waals surface area contributed by atoms with Crippen LogP contribution in [0.25, 0.3) is 0 Å². The zero-order valence-corrected chi connectivity index (χ0v) is 35.3. The Bertz CT molecular complexity index is 906. The number of Topliss-reactive ketones (excluding diaryl/α,β-unsaturated/α-hetero) is 1. The molecule has 0 bridgehead atoms. The minimum Gasteiger partial charge on any atom is -0.379 e. The van der Waals surface area contributed by atoms with E-state index in [4.69, 9.17) is 28.4 Å². The monoisotopic (exact) mass is 687 g/mol. The number of ketones is 1. The van der Waals surface area contributed by atoms with Gasteiger partial charge in [-0.15, -0.1) is 0 Å². The summed E-state index contributed by atoms with van der Waals surface area (Å²) >= 11 is 0. The van der Waals surface area contributed by atoms with Crippen molar-refractivity contribution in [2.24, 2.45) is 16.7 Å². The summed E-state index contributed by atoms with van der Waals surface area (Å²) in [6, 6.07) is 0. The van der Waals surface area contributed by atoms with Gasteiger partial charge in [-0.2, -0.15) is 0 Å². The summed E-state index contributed by atoms with van der Waals surface area (Å²) < 4.78 is 37.8. The maximum Gasteiger partial charge on any atom is 0.140 e. The smallest absolute Gasteiger partial charge is 0.140 e. The Morgan fingerprint density at radius 1 is 0.625 bits per heavy atom. The van der Waals surface area contributed by atoms with E-state index in [-0.39, 0.29) is 58.1 Å². The van der Waals surface area contributed by atoms with E-state index in [0.717, 1.165) is 38.7 Å². The molecule has 0 N–H and O–H groups in total. The average Bonchev–Trinajstić information content (AvgIpc) is 2.92. The summed E-state index contributed by atoms with van der Waals surface area (Å²) in [6.07, 6.45) is 5.13. The van der Waals surface area contributed by atoms with Gasteiger partial charge in [0.05, 0.1) is 66.6 Å². The fraction of sp³-hybridized carbons (Fsp3) is 0.976. The second-order valence-corrected chi connectivity index (χ2v) is 18.1. The van der Waals surface area contributed by atoms with Crippen LogP contribution in [-0.2, 0) is 33.2 Å². The molecule has 5 atom stereocenters. The molecule has 288 valence electrons. The molecular weight excluding hydrogens is 604 g/mol. The molecule has 0 aromatic carbocycles. The zero-order valence-electron chi connectivity index (χ0n) is 35.3. The fourth-order valence-corrected chi connectivity index (χ4v) is 6.01. The van der Waals surface area contributed by atoms with Crippen molar-refractivity contribution in [1.82, 2.24) is 0 Å². The molecule has 0 saturated heterocycles. The van der Waals surface area contributed by atoms with Gasteiger partial charge in [0, 0.05) is 37.2 Å². The van der Waals surface area contributed by atoms with E-state index < -0.39 is 11.2 Å². The van der Waals surface area contributed by atoms with Crippen molar-refractivity contribution in [3.05, 3.63) is 0 Å². The molecule has 0 heterocycles. The predicted molar refractivity (Wildman–Crippen MR) is 201 cm³/mol. The standard InChI is InChI=1S/C41H82O7/c1-20-32(6)44-29-41(19,21-2)40(17,18)48-34(8)27-38(13,14)46-28-31(5)35(42)22-24-45-37(11,12)26-33(7)47-39(15,16)36(9,10)23-25-43-30(3)4/h30-34H,20-29H2,1-19H3. The highest BCUT2D eigenvalue weighted by molar-refractivity contribution is 5.80. The van der Waals surface area contributed by atoms with Gasteiger partial charge >= 0.3 is 0 Å². The summed E-state index contributed by atoms with van der Waals surface area (Å²) in [6.45, 7) is 42.6. The maximum atomic E-state index is 13.0. The predicted octanol–water partition coefficient (Wildman–Crippen LogP) is 10.4. The maximum absolute atomic E-state index is 13.0. The molecule has 0 aromatic heterocycles. The van der Waals surface area contributed by atoms with E-state index in [2.05, 4.69) is 125 Å². The van der Waals surface area contributed by atoms with Crippen LogP contribution in [0, 0.1) is 16.7 Å². The first-order valence-electron chi connectivity index (χ1n) is 19.0. The van der Waals surface area contributed by atoms with Crippen LogP contribution in [0.15, 0.2) is 0 Å². The third kappa shape index (κ3) is 17.1. The van der Waals surface area contributed by atoms with Gasteiger partial charge in [-0.1, -0.05) is 41.5 Å². The molecule has 48 heavy (non-hydrogen) atoms. The molecule has 0 saturated carbocycles. The number of hydrogen-bond donors (Lipinski definition) is 0. The third-order valence-corrected chi connectivity index (χ3v) is 11.0. The number of rotatable bonds is 27. The average molecular weight is 687 g/mol. The number of carbonyl (C=O) groups is 1. The van der Waals surface area contributed by atoms with E-state index in [0.29, 0.717) is 26.2 Å². The largest absolute Gasteiger partial charge is 0.379 e. The lowest BCUT2D eigenvalue weighted by Gasteiger charge is -2.46. The quantitative estimate of drug-likeness (QED) is 0.0851. The SMILES string of the molecule is CCC(C)OCC(C)(CC)C(C)(C)OC(C)CC(C)(C)OCC(C)C(=O)CCOC(C)(C)CC(C)OC(C)(C)C(C)(C)CCOC(C)C. The molecule has 5 unspecified atom stereocenters. The van der Waals surface area contributed by atoms with Gasteiger partial charge in [0.25, 0.3) is 0 Å². The van der Waals surface area contributed by atoms with E-state index in [1.165, 1.54) is 0 Å². The van der Waals surface area contributed by atoms with Crippen LogP contribution in [0.2, 0.25) is 0 Å². The summed E-state index contributed by atoms with van der Waals surface area (Å²) in [5.74, 6) is -0.0578. The Balaban J connectivity index is 4.85. The van der Waals surface area contributed by atoms with Crippen molar-refractivity contribution < 1.29 is 33.2 Å².